The van der Waals surface area contributed by atoms with E-state index in [0.717, 1.165) is 22.4 Å². The number of rotatable bonds is 6. The van der Waals surface area contributed by atoms with E-state index in [1.807, 2.05) is 48.2 Å². The van der Waals surface area contributed by atoms with E-state index < -0.39 is 0 Å². The number of hydrogen-bond acceptors (Lipinski definition) is 4. The lowest BCUT2D eigenvalue weighted by molar-refractivity contribution is 0.340. The van der Waals surface area contributed by atoms with Crippen molar-refractivity contribution >= 4 is 28.2 Å². The van der Waals surface area contributed by atoms with Gasteiger partial charge in [-0.2, -0.15) is 0 Å². The van der Waals surface area contributed by atoms with Crippen LogP contribution in [0.3, 0.4) is 0 Å². The largest absolute Gasteiger partial charge is 0.494 e. The summed E-state index contributed by atoms with van der Waals surface area (Å²) in [6.07, 6.45) is 1.62. The highest BCUT2D eigenvalue weighted by Gasteiger charge is 2.14. The van der Waals surface area contributed by atoms with Gasteiger partial charge in [-0.1, -0.05) is 0 Å². The van der Waals surface area contributed by atoms with Crippen LogP contribution in [0.5, 0.6) is 5.75 Å². The smallest absolute Gasteiger partial charge is 0.253 e. The molecular formula is C19H21N3O3S. The van der Waals surface area contributed by atoms with Crippen LogP contribution in [0, 0.1) is 0 Å². The number of nitrogens with zero attached hydrogens (tertiary/aromatic N) is 1. The number of pyridine rings is 1. The predicted molar refractivity (Wildman–Crippen MR) is 105 cm³/mol. The molecule has 0 atom stereocenters. The van der Waals surface area contributed by atoms with E-state index in [9.17, 15) is 4.79 Å². The third kappa shape index (κ3) is 4.05. The Labute approximate surface area is 156 Å². The van der Waals surface area contributed by atoms with Crippen molar-refractivity contribution in [2.24, 2.45) is 0 Å². The van der Waals surface area contributed by atoms with Gasteiger partial charge in [0.25, 0.3) is 5.56 Å². The zero-order chi connectivity index (χ0) is 18.5. The molecule has 7 heteroatoms. The van der Waals surface area contributed by atoms with E-state index in [1.54, 1.807) is 13.3 Å². The maximum absolute atomic E-state index is 12.5. The summed E-state index contributed by atoms with van der Waals surface area (Å²) in [7, 11) is 1.76. The number of benzene rings is 1. The van der Waals surface area contributed by atoms with Gasteiger partial charge in [0.15, 0.2) is 5.11 Å². The molecule has 2 N–H and O–H groups in total. The SMILES string of the molecule is CCOc1ccc2[nH]c(=O)c(CN(Cc3ccco3)C(=S)NC)cc2c1. The van der Waals surface area contributed by atoms with E-state index in [2.05, 4.69) is 10.3 Å². The van der Waals surface area contributed by atoms with Crippen molar-refractivity contribution in [3.63, 3.8) is 0 Å². The standard InChI is InChI=1S/C19H21N3O3S/c1-3-24-15-6-7-17-13(10-15)9-14(18(23)21-17)11-22(19(26)20-2)12-16-5-4-8-25-16/h4-10H,3,11-12H2,1-2H3,(H,20,26)(H,21,23). The van der Waals surface area contributed by atoms with Crippen molar-refractivity contribution in [3.8, 4) is 5.75 Å². The fraction of sp³-hybridized carbons (Fsp3) is 0.263. The second-order valence-electron chi connectivity index (χ2n) is 5.80. The maximum Gasteiger partial charge on any atom is 0.253 e. The molecule has 0 spiro atoms. The molecule has 0 radical (unpaired) electrons. The number of furan rings is 1. The summed E-state index contributed by atoms with van der Waals surface area (Å²) in [5.41, 5.74) is 1.26. The normalized spacial score (nSPS) is 10.7. The van der Waals surface area contributed by atoms with Gasteiger partial charge in [-0.05, 0) is 55.5 Å². The molecule has 0 unspecified atom stereocenters. The third-order valence-electron chi connectivity index (χ3n) is 3.99. The molecule has 0 bridgehead atoms. The highest BCUT2D eigenvalue weighted by molar-refractivity contribution is 7.80. The first-order valence-corrected chi connectivity index (χ1v) is 8.79. The topological polar surface area (TPSA) is 70.5 Å². The highest BCUT2D eigenvalue weighted by atomic mass is 32.1. The molecule has 3 aromatic rings. The minimum atomic E-state index is -0.134. The molecule has 0 saturated heterocycles. The van der Waals surface area contributed by atoms with Gasteiger partial charge in [-0.3, -0.25) is 4.79 Å². The summed E-state index contributed by atoms with van der Waals surface area (Å²) in [6.45, 7) is 3.37. The predicted octanol–water partition coefficient (Wildman–Crippen LogP) is 3.03. The van der Waals surface area contributed by atoms with Crippen molar-refractivity contribution in [2.45, 2.75) is 20.0 Å². The van der Waals surface area contributed by atoms with Gasteiger partial charge in [-0.25, -0.2) is 0 Å². The third-order valence-corrected chi connectivity index (χ3v) is 4.46. The molecule has 136 valence electrons. The number of ether oxygens (including phenoxy) is 1. The van der Waals surface area contributed by atoms with Gasteiger partial charge in [-0.15, -0.1) is 0 Å². The van der Waals surface area contributed by atoms with Crippen LogP contribution >= 0.6 is 12.2 Å². The zero-order valence-electron chi connectivity index (χ0n) is 14.7. The van der Waals surface area contributed by atoms with Crippen LogP contribution in [0.25, 0.3) is 10.9 Å². The van der Waals surface area contributed by atoms with Gasteiger partial charge < -0.3 is 24.4 Å². The Balaban J connectivity index is 1.92. The Morgan fingerprint density at radius 3 is 2.85 bits per heavy atom. The van der Waals surface area contributed by atoms with E-state index in [1.165, 1.54) is 0 Å². The van der Waals surface area contributed by atoms with Crippen LogP contribution in [0.4, 0.5) is 0 Å². The van der Waals surface area contributed by atoms with Crippen LogP contribution in [0.2, 0.25) is 0 Å². The van der Waals surface area contributed by atoms with Crippen LogP contribution < -0.4 is 15.6 Å². The lowest BCUT2D eigenvalue weighted by Gasteiger charge is -2.23. The van der Waals surface area contributed by atoms with Crippen molar-refractivity contribution in [1.82, 2.24) is 15.2 Å². The lowest BCUT2D eigenvalue weighted by atomic mass is 10.1. The Hall–Kier alpha value is -2.80. The fourth-order valence-electron chi connectivity index (χ4n) is 2.76. The highest BCUT2D eigenvalue weighted by Crippen LogP contribution is 2.20. The van der Waals surface area contributed by atoms with Crippen molar-refractivity contribution in [1.29, 1.82) is 0 Å². The number of aromatic amines is 1. The van der Waals surface area contributed by atoms with Crippen LogP contribution in [0.15, 0.2) is 51.9 Å². The first-order chi connectivity index (χ1) is 12.6. The van der Waals surface area contributed by atoms with Crippen molar-refractivity contribution in [2.75, 3.05) is 13.7 Å². The first kappa shape index (κ1) is 18.0. The Morgan fingerprint density at radius 2 is 2.15 bits per heavy atom. The molecule has 0 fully saturated rings. The van der Waals surface area contributed by atoms with E-state index in [0.29, 0.717) is 30.4 Å². The summed E-state index contributed by atoms with van der Waals surface area (Å²) in [4.78, 5) is 17.3. The second kappa shape index (κ2) is 8.05. The summed E-state index contributed by atoms with van der Waals surface area (Å²) < 4.78 is 11.0. The molecular weight excluding hydrogens is 350 g/mol. The number of H-pyrrole nitrogens is 1. The molecule has 2 aromatic heterocycles. The summed E-state index contributed by atoms with van der Waals surface area (Å²) >= 11 is 5.38. The molecule has 6 nitrogen and oxygen atoms in total. The van der Waals surface area contributed by atoms with Crippen LogP contribution in [0.1, 0.15) is 18.2 Å². The molecule has 0 aliphatic heterocycles. The maximum atomic E-state index is 12.5. The molecule has 0 aliphatic rings. The lowest BCUT2D eigenvalue weighted by Crippen LogP contribution is -2.38. The molecule has 0 amide bonds. The fourth-order valence-corrected chi connectivity index (χ4v) is 2.89. The minimum absolute atomic E-state index is 0.134. The van der Waals surface area contributed by atoms with E-state index in [4.69, 9.17) is 21.4 Å². The van der Waals surface area contributed by atoms with Gasteiger partial charge in [0.1, 0.15) is 11.5 Å². The minimum Gasteiger partial charge on any atom is -0.494 e. The van der Waals surface area contributed by atoms with Gasteiger partial charge >= 0.3 is 0 Å². The Kier molecular flexibility index (Phi) is 5.58. The van der Waals surface area contributed by atoms with Crippen molar-refractivity contribution < 1.29 is 9.15 Å². The summed E-state index contributed by atoms with van der Waals surface area (Å²) in [5.74, 6) is 1.55. The second-order valence-corrected chi connectivity index (χ2v) is 6.18. The van der Waals surface area contributed by atoms with Crippen molar-refractivity contribution in [3.05, 3.63) is 64.3 Å². The molecule has 0 aliphatic carbocycles. The van der Waals surface area contributed by atoms with Crippen LogP contribution in [-0.2, 0) is 13.1 Å². The molecule has 26 heavy (non-hydrogen) atoms. The first-order valence-electron chi connectivity index (χ1n) is 8.38. The Morgan fingerprint density at radius 1 is 1.31 bits per heavy atom. The molecule has 2 heterocycles. The van der Waals surface area contributed by atoms with Gasteiger partial charge in [0.05, 0.1) is 26.0 Å². The number of nitrogens with one attached hydrogen (secondary N) is 2. The van der Waals surface area contributed by atoms with E-state index >= 15 is 0 Å². The van der Waals surface area contributed by atoms with Gasteiger partial charge in [0.2, 0.25) is 0 Å². The summed E-state index contributed by atoms with van der Waals surface area (Å²) in [5, 5.41) is 4.42. The monoisotopic (exact) mass is 371 g/mol. The Bertz CT molecular complexity index is 950. The molecule has 1 aromatic carbocycles. The zero-order valence-corrected chi connectivity index (χ0v) is 15.6. The molecule has 0 saturated carbocycles. The average Bonchev–Trinajstić information content (AvgIpc) is 3.14. The average molecular weight is 371 g/mol. The summed E-state index contributed by atoms with van der Waals surface area (Å²) in [6, 6.07) is 11.2. The number of aromatic nitrogens is 1. The number of hydrogen-bond donors (Lipinski definition) is 2. The quantitative estimate of drug-likeness (QED) is 0.649. The van der Waals surface area contributed by atoms with E-state index in [-0.39, 0.29) is 5.56 Å². The molecule has 3 rings (SSSR count). The van der Waals surface area contributed by atoms with Gasteiger partial charge in [0, 0.05) is 23.5 Å². The van der Waals surface area contributed by atoms with Crippen LogP contribution in [-0.4, -0.2) is 28.7 Å². The number of thiocarbonyl (C=S) groups is 1. The number of fused-ring (bicyclic) bond motifs is 1.